The van der Waals surface area contributed by atoms with Crippen LogP contribution in [0.25, 0.3) is 0 Å². The fraction of sp³-hybridized carbons (Fsp3) is 0.417. The van der Waals surface area contributed by atoms with Crippen LogP contribution in [0.2, 0.25) is 0 Å². The van der Waals surface area contributed by atoms with Crippen molar-refractivity contribution in [3.63, 3.8) is 0 Å². The van der Waals surface area contributed by atoms with Crippen LogP contribution in [0.4, 0.5) is 22.0 Å². The lowest BCUT2D eigenvalue weighted by molar-refractivity contribution is -0.137. The van der Waals surface area contributed by atoms with Crippen molar-refractivity contribution in [3.05, 3.63) is 33.8 Å². The van der Waals surface area contributed by atoms with Gasteiger partial charge in [0.05, 0.1) is 17.7 Å². The van der Waals surface area contributed by atoms with Gasteiger partial charge in [-0.3, -0.25) is 4.79 Å². The Bertz CT molecular complexity index is 509. The van der Waals surface area contributed by atoms with E-state index in [2.05, 4.69) is 15.9 Å². The Morgan fingerprint density at radius 3 is 2.43 bits per heavy atom. The highest BCUT2D eigenvalue weighted by Crippen LogP contribution is 2.32. The smallest absolute Gasteiger partial charge is 0.332 e. The molecule has 0 aliphatic rings. The normalized spacial score (nSPS) is 11.8. The van der Waals surface area contributed by atoms with Gasteiger partial charge in [0.15, 0.2) is 0 Å². The van der Waals surface area contributed by atoms with Crippen molar-refractivity contribution >= 4 is 33.4 Å². The number of halogens is 7. The number of nitrogens with zero attached hydrogens (tertiary/aromatic N) is 1. The third kappa shape index (κ3) is 5.10. The predicted molar refractivity (Wildman–Crippen MR) is 71.8 cm³/mol. The van der Waals surface area contributed by atoms with E-state index in [9.17, 15) is 26.7 Å². The van der Waals surface area contributed by atoms with Crippen molar-refractivity contribution in [2.75, 3.05) is 19.0 Å². The van der Waals surface area contributed by atoms with Crippen LogP contribution >= 0.6 is 27.5 Å². The molecule has 0 aliphatic carbocycles. The van der Waals surface area contributed by atoms with Gasteiger partial charge in [-0.25, -0.2) is 8.78 Å². The predicted octanol–water partition coefficient (Wildman–Crippen LogP) is 4.41. The van der Waals surface area contributed by atoms with Crippen molar-refractivity contribution in [2.24, 2.45) is 0 Å². The highest BCUT2D eigenvalue weighted by atomic mass is 79.9. The van der Waals surface area contributed by atoms with Crippen LogP contribution in [0.1, 0.15) is 15.9 Å². The molecule has 0 saturated carbocycles. The van der Waals surface area contributed by atoms with E-state index in [4.69, 9.17) is 11.6 Å². The zero-order chi connectivity index (χ0) is 16.2. The van der Waals surface area contributed by atoms with Gasteiger partial charge in [-0.15, -0.1) is 11.6 Å². The summed E-state index contributed by atoms with van der Waals surface area (Å²) in [6.07, 6.45) is -7.43. The first-order valence-corrected chi connectivity index (χ1v) is 6.99. The van der Waals surface area contributed by atoms with Crippen molar-refractivity contribution in [2.45, 2.75) is 12.6 Å². The van der Waals surface area contributed by atoms with E-state index in [0.717, 1.165) is 17.0 Å². The van der Waals surface area contributed by atoms with Crippen LogP contribution in [-0.4, -0.2) is 36.2 Å². The van der Waals surface area contributed by atoms with Gasteiger partial charge in [-0.05, 0) is 34.1 Å². The second-order valence-electron chi connectivity index (χ2n) is 4.02. The largest absolute Gasteiger partial charge is 0.416 e. The van der Waals surface area contributed by atoms with Crippen LogP contribution < -0.4 is 0 Å². The fourth-order valence-corrected chi connectivity index (χ4v) is 2.20. The van der Waals surface area contributed by atoms with Gasteiger partial charge in [-0.2, -0.15) is 13.2 Å². The average molecular weight is 395 g/mol. The lowest BCUT2D eigenvalue weighted by atomic mass is 10.1. The molecule has 2 nitrogen and oxygen atoms in total. The maximum atomic E-state index is 12.6. The summed E-state index contributed by atoms with van der Waals surface area (Å²) in [5.41, 5.74) is -1.37. The van der Waals surface area contributed by atoms with Crippen molar-refractivity contribution in [1.82, 2.24) is 4.90 Å². The number of hydrogen-bond donors (Lipinski definition) is 0. The monoisotopic (exact) mass is 393 g/mol. The summed E-state index contributed by atoms with van der Waals surface area (Å²) in [4.78, 5) is 12.8. The van der Waals surface area contributed by atoms with Crippen LogP contribution in [0.3, 0.4) is 0 Å². The summed E-state index contributed by atoms with van der Waals surface area (Å²) in [5, 5.41) is 0. The highest BCUT2D eigenvalue weighted by molar-refractivity contribution is 9.10. The number of alkyl halides is 6. The SMILES string of the molecule is O=C(c1cc(C(F)(F)F)ccc1Br)N(CCCl)CC(F)F. The maximum Gasteiger partial charge on any atom is 0.416 e. The lowest BCUT2D eigenvalue weighted by Gasteiger charge is -2.22. The second kappa shape index (κ2) is 7.40. The first-order valence-electron chi connectivity index (χ1n) is 5.67. The quantitative estimate of drug-likeness (QED) is 0.535. The summed E-state index contributed by atoms with van der Waals surface area (Å²) >= 11 is 8.37. The molecule has 21 heavy (non-hydrogen) atoms. The molecule has 0 saturated heterocycles. The Balaban J connectivity index is 3.14. The molecule has 0 fully saturated rings. The molecular weight excluding hydrogens is 384 g/mol. The molecule has 0 heterocycles. The summed E-state index contributed by atoms with van der Waals surface area (Å²) < 4.78 is 62.9. The van der Waals surface area contributed by atoms with Gasteiger partial charge in [0.1, 0.15) is 0 Å². The molecule has 0 N–H and O–H groups in total. The third-order valence-corrected chi connectivity index (χ3v) is 3.38. The first kappa shape index (κ1) is 18.2. The molecule has 0 unspecified atom stereocenters. The van der Waals surface area contributed by atoms with E-state index in [-0.39, 0.29) is 22.5 Å². The fourth-order valence-electron chi connectivity index (χ4n) is 1.58. The molecule has 1 rings (SSSR count). The molecule has 1 amide bonds. The maximum absolute atomic E-state index is 12.6. The minimum Gasteiger partial charge on any atom is -0.332 e. The molecule has 0 aliphatic heterocycles. The van der Waals surface area contributed by atoms with Gasteiger partial charge in [0.25, 0.3) is 12.3 Å². The van der Waals surface area contributed by atoms with Crippen LogP contribution in [0.15, 0.2) is 22.7 Å². The zero-order valence-electron chi connectivity index (χ0n) is 10.4. The highest BCUT2D eigenvalue weighted by Gasteiger charge is 2.32. The number of benzene rings is 1. The lowest BCUT2D eigenvalue weighted by Crippen LogP contribution is -2.36. The van der Waals surface area contributed by atoms with E-state index < -0.39 is 30.6 Å². The number of carbonyl (C=O) groups is 1. The number of rotatable bonds is 5. The molecule has 9 heteroatoms. The topological polar surface area (TPSA) is 20.3 Å². The molecule has 0 bridgehead atoms. The Morgan fingerprint density at radius 2 is 1.95 bits per heavy atom. The summed E-state index contributed by atoms with van der Waals surface area (Å²) in [7, 11) is 0. The van der Waals surface area contributed by atoms with Gasteiger partial charge in [-0.1, -0.05) is 0 Å². The Labute approximate surface area is 131 Å². The molecule has 0 aromatic heterocycles. The van der Waals surface area contributed by atoms with E-state index in [1.165, 1.54) is 0 Å². The molecule has 0 radical (unpaired) electrons. The molecule has 1 aromatic rings. The molecule has 0 spiro atoms. The van der Waals surface area contributed by atoms with E-state index in [1.807, 2.05) is 0 Å². The van der Waals surface area contributed by atoms with Crippen LogP contribution in [-0.2, 0) is 6.18 Å². The number of hydrogen-bond acceptors (Lipinski definition) is 1. The zero-order valence-corrected chi connectivity index (χ0v) is 12.8. The average Bonchev–Trinajstić information content (AvgIpc) is 2.36. The number of carbonyl (C=O) groups excluding carboxylic acids is 1. The Morgan fingerprint density at radius 1 is 1.33 bits per heavy atom. The van der Waals surface area contributed by atoms with Gasteiger partial charge in [0.2, 0.25) is 0 Å². The standard InChI is InChI=1S/C12H10BrClF5NO/c13-9-2-1-7(12(17,18)19)5-8(9)11(21)20(4-3-14)6-10(15)16/h1-2,5,10H,3-4,6H2. The van der Waals surface area contributed by atoms with E-state index in [0.29, 0.717) is 6.07 Å². The summed E-state index contributed by atoms with van der Waals surface area (Å²) in [6, 6.07) is 2.47. The third-order valence-electron chi connectivity index (χ3n) is 2.52. The molecule has 118 valence electrons. The van der Waals surface area contributed by atoms with E-state index in [1.54, 1.807) is 0 Å². The van der Waals surface area contributed by atoms with Crippen molar-refractivity contribution in [3.8, 4) is 0 Å². The molecule has 0 atom stereocenters. The minimum absolute atomic E-state index is 0.0920. The number of amides is 1. The molecule has 1 aromatic carbocycles. The summed E-state index contributed by atoms with van der Waals surface area (Å²) in [5.74, 6) is -1.04. The second-order valence-corrected chi connectivity index (χ2v) is 5.26. The Hall–Kier alpha value is -0.890. The van der Waals surface area contributed by atoms with Crippen LogP contribution in [0.5, 0.6) is 0 Å². The Kier molecular flexibility index (Phi) is 6.40. The first-order chi connectivity index (χ1) is 9.66. The van der Waals surface area contributed by atoms with Gasteiger partial charge >= 0.3 is 6.18 Å². The minimum atomic E-state index is -4.63. The van der Waals surface area contributed by atoms with Crippen molar-refractivity contribution in [1.29, 1.82) is 0 Å². The van der Waals surface area contributed by atoms with Gasteiger partial charge in [0, 0.05) is 16.9 Å². The van der Waals surface area contributed by atoms with Crippen LogP contribution in [0, 0.1) is 0 Å². The molecular formula is C12H10BrClF5NO. The van der Waals surface area contributed by atoms with E-state index >= 15 is 0 Å². The van der Waals surface area contributed by atoms with Gasteiger partial charge < -0.3 is 4.90 Å². The summed E-state index contributed by atoms with van der Waals surface area (Å²) in [6.45, 7) is -1.08. The van der Waals surface area contributed by atoms with Crippen molar-refractivity contribution < 1.29 is 26.7 Å².